The van der Waals surface area contributed by atoms with Crippen LogP contribution in [0.1, 0.15) is 16.4 Å². The lowest BCUT2D eigenvalue weighted by atomic mass is 10.2. The van der Waals surface area contributed by atoms with E-state index in [4.69, 9.17) is 16.6 Å². The molecule has 0 saturated heterocycles. The van der Waals surface area contributed by atoms with Gasteiger partial charge in [-0.05, 0) is 67.7 Å². The van der Waals surface area contributed by atoms with Crippen molar-refractivity contribution in [2.45, 2.75) is 6.92 Å². The molecule has 1 amide bonds. The smallest absolute Gasteiger partial charge is 0.293 e. The first-order chi connectivity index (χ1) is 16.0. The zero-order chi connectivity index (χ0) is 22.9. The number of amides is 1. The van der Waals surface area contributed by atoms with E-state index in [1.807, 2.05) is 55.5 Å². The lowest BCUT2D eigenvalue weighted by molar-refractivity contribution is 0.0951. The number of carbonyl (C=O) groups excluding carboxylic acids is 1. The van der Waals surface area contributed by atoms with Crippen LogP contribution in [-0.2, 0) is 0 Å². The third kappa shape index (κ3) is 4.56. The Hall–Kier alpha value is -3.41. The molecule has 0 aliphatic carbocycles. The molecule has 0 fully saturated rings. The second-order valence-corrected chi connectivity index (χ2v) is 9.29. The number of aryl methyl sites for hydroxylation is 1. The van der Waals surface area contributed by atoms with Crippen LogP contribution in [0.3, 0.4) is 0 Å². The zero-order valence-corrected chi connectivity index (χ0v) is 20.3. The number of anilines is 1. The fourth-order valence-corrected chi connectivity index (χ4v) is 4.45. The van der Waals surface area contributed by atoms with Crippen LogP contribution >= 0.6 is 39.5 Å². The number of nitrogens with one attached hydrogen (secondary N) is 2. The van der Waals surface area contributed by atoms with Gasteiger partial charge in [0.05, 0.1) is 0 Å². The Morgan fingerprint density at radius 2 is 1.76 bits per heavy atom. The van der Waals surface area contributed by atoms with Crippen molar-refractivity contribution >= 4 is 61.2 Å². The third-order valence-corrected chi connectivity index (χ3v) is 6.40. The second-order valence-electron chi connectivity index (χ2n) is 7.01. The average Bonchev–Trinajstić information content (AvgIpc) is 3.53. The molecule has 0 bridgehead atoms. The molecule has 0 aliphatic heterocycles. The number of hydrogen-bond donors (Lipinski definition) is 2. The van der Waals surface area contributed by atoms with Gasteiger partial charge in [0, 0.05) is 21.3 Å². The van der Waals surface area contributed by atoms with E-state index < -0.39 is 5.91 Å². The van der Waals surface area contributed by atoms with Crippen molar-refractivity contribution in [3.63, 3.8) is 0 Å². The number of halogens is 1. The number of furan rings is 1. The van der Waals surface area contributed by atoms with Crippen molar-refractivity contribution in [1.82, 2.24) is 25.1 Å². The van der Waals surface area contributed by atoms with Gasteiger partial charge < -0.3 is 9.73 Å². The normalized spacial score (nSPS) is 11.0. The van der Waals surface area contributed by atoms with E-state index in [9.17, 15) is 4.79 Å². The summed E-state index contributed by atoms with van der Waals surface area (Å²) in [5.41, 5.74) is 2.55. The molecule has 2 N–H and O–H groups in total. The van der Waals surface area contributed by atoms with Crippen LogP contribution in [0.15, 0.2) is 69.6 Å². The number of hydrogen-bond acceptors (Lipinski definition) is 7. The summed E-state index contributed by atoms with van der Waals surface area (Å²) in [6.07, 6.45) is 0. The number of aromatic nitrogens is 4. The van der Waals surface area contributed by atoms with Gasteiger partial charge >= 0.3 is 0 Å². The maximum absolute atomic E-state index is 12.5. The predicted octanol–water partition coefficient (Wildman–Crippen LogP) is 5.31. The Bertz CT molecular complexity index is 1470. The lowest BCUT2D eigenvalue weighted by Gasteiger charge is -2.09. The van der Waals surface area contributed by atoms with Crippen LogP contribution in [0, 0.1) is 6.92 Å². The largest absolute Gasteiger partial charge is 0.451 e. The summed E-state index contributed by atoms with van der Waals surface area (Å²) in [7, 11) is 0. The minimum atomic E-state index is -0.428. The molecule has 0 aliphatic rings. The maximum atomic E-state index is 12.5. The minimum absolute atomic E-state index is 0.170. The van der Waals surface area contributed by atoms with Crippen molar-refractivity contribution in [2.75, 3.05) is 5.32 Å². The van der Waals surface area contributed by atoms with Crippen molar-refractivity contribution in [1.29, 1.82) is 0 Å². The number of fused-ring (bicyclic) bond motifs is 1. The van der Waals surface area contributed by atoms with E-state index in [2.05, 4.69) is 41.9 Å². The molecule has 0 atom stereocenters. The van der Waals surface area contributed by atoms with E-state index in [0.29, 0.717) is 5.76 Å². The average molecular weight is 539 g/mol. The lowest BCUT2D eigenvalue weighted by Crippen LogP contribution is -2.33. The molecule has 3 heterocycles. The summed E-state index contributed by atoms with van der Waals surface area (Å²) in [6.45, 7) is 1.86. The third-order valence-electron chi connectivity index (χ3n) is 4.72. The van der Waals surface area contributed by atoms with Crippen LogP contribution < -0.4 is 10.6 Å². The van der Waals surface area contributed by atoms with E-state index in [0.717, 1.165) is 37.1 Å². The van der Waals surface area contributed by atoms with Gasteiger partial charge in [-0.3, -0.25) is 10.1 Å². The molecule has 0 unspecified atom stereocenters. The second kappa shape index (κ2) is 8.85. The highest BCUT2D eigenvalue weighted by Gasteiger charge is 2.14. The summed E-state index contributed by atoms with van der Waals surface area (Å²) < 4.78 is 8.36. The Balaban J connectivity index is 1.22. The highest BCUT2D eigenvalue weighted by atomic mass is 79.9. The van der Waals surface area contributed by atoms with E-state index in [1.54, 1.807) is 16.6 Å². The number of benzene rings is 2. The van der Waals surface area contributed by atoms with E-state index in [1.165, 1.54) is 11.3 Å². The summed E-state index contributed by atoms with van der Waals surface area (Å²) >= 11 is 10.1. The monoisotopic (exact) mass is 538 g/mol. The predicted molar refractivity (Wildman–Crippen MR) is 134 cm³/mol. The summed E-state index contributed by atoms with van der Waals surface area (Å²) in [4.78, 5) is 13.3. The molecule has 8 nitrogen and oxygen atoms in total. The molecule has 5 aromatic rings. The Labute approximate surface area is 205 Å². The van der Waals surface area contributed by atoms with Crippen molar-refractivity contribution in [3.8, 4) is 21.9 Å². The van der Waals surface area contributed by atoms with Crippen molar-refractivity contribution in [3.05, 3.63) is 76.7 Å². The van der Waals surface area contributed by atoms with Gasteiger partial charge in [-0.1, -0.05) is 39.4 Å². The van der Waals surface area contributed by atoms with Gasteiger partial charge in [0.15, 0.2) is 16.7 Å². The van der Waals surface area contributed by atoms with Crippen molar-refractivity contribution < 1.29 is 9.21 Å². The molecule has 0 saturated carbocycles. The quantitative estimate of drug-likeness (QED) is 0.299. The highest BCUT2D eigenvalue weighted by molar-refractivity contribution is 9.10. The zero-order valence-electron chi connectivity index (χ0n) is 17.1. The molecule has 11 heteroatoms. The van der Waals surface area contributed by atoms with Crippen LogP contribution in [0.4, 0.5) is 5.69 Å². The van der Waals surface area contributed by atoms with Gasteiger partial charge in [-0.25, -0.2) is 0 Å². The standard InChI is InChI=1S/C22H15BrN6O2S2/c1-12-26-27-22-29(12)28-20(33-22)14-4-8-16(9-5-14)24-21(32)25-19(30)18-11-10-17(31-18)13-2-6-15(23)7-3-13/h2-11H,1H3,(H2,24,25,30,32). The van der Waals surface area contributed by atoms with Crippen LogP contribution in [0.25, 0.3) is 26.9 Å². The number of rotatable bonds is 4. The van der Waals surface area contributed by atoms with E-state index >= 15 is 0 Å². The maximum Gasteiger partial charge on any atom is 0.293 e. The number of carbonyl (C=O) groups is 1. The van der Waals surface area contributed by atoms with Crippen LogP contribution in [0.5, 0.6) is 0 Å². The van der Waals surface area contributed by atoms with Gasteiger partial charge in [0.2, 0.25) is 4.96 Å². The van der Waals surface area contributed by atoms with Gasteiger partial charge in [0.1, 0.15) is 10.8 Å². The molecule has 0 radical (unpaired) electrons. The number of nitrogens with zero attached hydrogens (tertiary/aromatic N) is 4. The molecule has 164 valence electrons. The van der Waals surface area contributed by atoms with Crippen LogP contribution in [-0.4, -0.2) is 30.8 Å². The molecular formula is C22H15BrN6O2S2. The molecule has 5 rings (SSSR count). The van der Waals surface area contributed by atoms with Gasteiger partial charge in [-0.15, -0.1) is 10.2 Å². The molecular weight excluding hydrogens is 524 g/mol. The summed E-state index contributed by atoms with van der Waals surface area (Å²) in [6, 6.07) is 18.6. The SMILES string of the molecule is Cc1nnc2sc(-c3ccc(NC(=S)NC(=O)c4ccc(-c5ccc(Br)cc5)o4)cc3)nn12. The first kappa shape index (κ1) is 21.4. The van der Waals surface area contributed by atoms with Gasteiger partial charge in [-0.2, -0.15) is 9.61 Å². The van der Waals surface area contributed by atoms with Crippen molar-refractivity contribution in [2.24, 2.45) is 0 Å². The fraction of sp³-hybridized carbons (Fsp3) is 0.0455. The number of thiocarbonyl (C=S) groups is 1. The first-order valence-electron chi connectivity index (χ1n) is 9.74. The minimum Gasteiger partial charge on any atom is -0.451 e. The summed E-state index contributed by atoms with van der Waals surface area (Å²) in [5, 5.41) is 19.3. The Morgan fingerprint density at radius 1 is 1.03 bits per heavy atom. The first-order valence-corrected chi connectivity index (χ1v) is 11.8. The topological polar surface area (TPSA) is 97.3 Å². The van der Waals surface area contributed by atoms with Gasteiger partial charge in [0.25, 0.3) is 5.91 Å². The van der Waals surface area contributed by atoms with Crippen LogP contribution in [0.2, 0.25) is 0 Å². The molecule has 3 aromatic heterocycles. The Kier molecular flexibility index (Phi) is 5.75. The van der Waals surface area contributed by atoms with E-state index in [-0.39, 0.29) is 10.9 Å². The molecule has 33 heavy (non-hydrogen) atoms. The molecule has 2 aromatic carbocycles. The molecule has 0 spiro atoms. The summed E-state index contributed by atoms with van der Waals surface area (Å²) in [5.74, 6) is 1.09. The Morgan fingerprint density at radius 3 is 2.48 bits per heavy atom. The highest BCUT2D eigenvalue weighted by Crippen LogP contribution is 2.27. The fourth-order valence-electron chi connectivity index (χ4n) is 3.08.